The summed E-state index contributed by atoms with van der Waals surface area (Å²) in [4.78, 5) is 75.4. The summed E-state index contributed by atoms with van der Waals surface area (Å²) in [5, 5.41) is 26.4. The Morgan fingerprint density at radius 3 is 2.11 bits per heavy atom. The number of nitrogens with two attached hydrogens (primary N) is 2. The minimum absolute atomic E-state index is 0.0360. The molecule has 0 saturated heterocycles. The maximum atomic E-state index is 13.1. The van der Waals surface area contributed by atoms with Crippen LogP contribution in [0, 0.1) is 5.92 Å². The molecule has 0 saturated carbocycles. The van der Waals surface area contributed by atoms with Crippen LogP contribution in [0.25, 0.3) is 10.9 Å². The van der Waals surface area contributed by atoms with E-state index < -0.39 is 78.5 Å². The second kappa shape index (κ2) is 13.2. The Morgan fingerprint density at radius 1 is 0.895 bits per heavy atom. The molecule has 1 aromatic carbocycles. The summed E-state index contributed by atoms with van der Waals surface area (Å²) < 4.78 is 0. The molecule has 2 rings (SSSR count). The normalized spacial score (nSPS) is 14.2. The molecule has 14 heteroatoms. The quantitative estimate of drug-likeness (QED) is 0.142. The number of nitrogens with one attached hydrogen (secondary N) is 4. The number of hydrogen-bond acceptors (Lipinski definition) is 7. The Kier molecular flexibility index (Phi) is 10.3. The van der Waals surface area contributed by atoms with Crippen LogP contribution in [-0.4, -0.2) is 74.9 Å². The van der Waals surface area contributed by atoms with E-state index in [0.717, 1.165) is 10.9 Å². The molecule has 2 aromatic rings. The summed E-state index contributed by atoms with van der Waals surface area (Å²) in [6.45, 7) is 3.20. The summed E-state index contributed by atoms with van der Waals surface area (Å²) in [5.41, 5.74) is 12.1. The Hall–Kier alpha value is -4.46. The lowest BCUT2D eigenvalue weighted by molar-refractivity contribution is -0.142. The standard InChI is InChI=1S/C24H32N6O8/c1-11(2)20(30-22(35)16(9-18(26)31)28-21(34)14(25)8-19(32)33)23(36)29-17(24(37)38)7-12-10-27-15-6-4-3-5-13(12)15/h3-6,10-11,14,16-17,20,27H,7-9,25H2,1-2H3,(H2,26,31)(H,28,34)(H,29,36)(H,30,35)(H,32,33)(H,37,38). The molecule has 38 heavy (non-hydrogen) atoms. The van der Waals surface area contributed by atoms with Gasteiger partial charge in [0.1, 0.15) is 18.1 Å². The first-order chi connectivity index (χ1) is 17.8. The van der Waals surface area contributed by atoms with Crippen LogP contribution in [0.5, 0.6) is 0 Å². The topological polar surface area (TPSA) is 247 Å². The summed E-state index contributed by atoms with van der Waals surface area (Å²) >= 11 is 0. The van der Waals surface area contributed by atoms with Gasteiger partial charge in [0, 0.05) is 23.5 Å². The molecule has 1 aromatic heterocycles. The lowest BCUT2D eigenvalue weighted by Gasteiger charge is -2.26. The van der Waals surface area contributed by atoms with Crippen molar-refractivity contribution >= 4 is 46.5 Å². The molecule has 4 amide bonds. The SMILES string of the molecule is CC(C)C(NC(=O)C(CC(N)=O)NC(=O)C(N)CC(=O)O)C(=O)NC(Cc1c[nH]c2ccccc12)C(=O)O. The number of aliphatic carboxylic acids is 2. The molecule has 0 aliphatic heterocycles. The highest BCUT2D eigenvalue weighted by Crippen LogP contribution is 2.19. The van der Waals surface area contributed by atoms with Crippen LogP contribution in [0.2, 0.25) is 0 Å². The molecule has 0 fully saturated rings. The van der Waals surface area contributed by atoms with Gasteiger partial charge in [0.25, 0.3) is 0 Å². The molecule has 4 atom stereocenters. The number of carbonyl (C=O) groups excluding carboxylic acids is 4. The lowest BCUT2D eigenvalue weighted by atomic mass is 10.0. The van der Waals surface area contributed by atoms with Crippen LogP contribution in [0.1, 0.15) is 32.3 Å². The van der Waals surface area contributed by atoms with E-state index >= 15 is 0 Å². The molecule has 4 unspecified atom stereocenters. The second-order valence-electron chi connectivity index (χ2n) is 9.13. The van der Waals surface area contributed by atoms with Gasteiger partial charge in [0.2, 0.25) is 23.6 Å². The van der Waals surface area contributed by atoms with Crippen molar-refractivity contribution in [3.8, 4) is 0 Å². The average molecular weight is 533 g/mol. The van der Waals surface area contributed by atoms with Crippen LogP contribution < -0.4 is 27.4 Å². The highest BCUT2D eigenvalue weighted by Gasteiger charge is 2.33. The molecule has 0 radical (unpaired) electrons. The molecule has 10 N–H and O–H groups in total. The third kappa shape index (κ3) is 8.30. The number of para-hydroxylation sites is 1. The van der Waals surface area contributed by atoms with E-state index in [1.165, 1.54) is 0 Å². The van der Waals surface area contributed by atoms with Crippen molar-refractivity contribution in [1.82, 2.24) is 20.9 Å². The first kappa shape index (κ1) is 29.8. The molecule has 14 nitrogen and oxygen atoms in total. The van der Waals surface area contributed by atoms with Gasteiger partial charge < -0.3 is 42.6 Å². The number of carboxylic acid groups (broad SMARTS) is 2. The number of primary amides is 1. The first-order valence-corrected chi connectivity index (χ1v) is 11.7. The lowest BCUT2D eigenvalue weighted by Crippen LogP contribution is -2.59. The zero-order chi connectivity index (χ0) is 28.6. The van der Waals surface area contributed by atoms with Crippen molar-refractivity contribution < 1.29 is 39.0 Å². The van der Waals surface area contributed by atoms with Crippen LogP contribution in [0.3, 0.4) is 0 Å². The number of aromatic amines is 1. The van der Waals surface area contributed by atoms with Crippen molar-refractivity contribution in [3.05, 3.63) is 36.0 Å². The van der Waals surface area contributed by atoms with E-state index in [4.69, 9.17) is 16.6 Å². The molecular weight excluding hydrogens is 500 g/mol. The molecule has 0 bridgehead atoms. The van der Waals surface area contributed by atoms with Crippen LogP contribution in [0.4, 0.5) is 0 Å². The number of hydrogen-bond donors (Lipinski definition) is 8. The number of carboxylic acids is 2. The number of fused-ring (bicyclic) bond motifs is 1. The summed E-state index contributed by atoms with van der Waals surface area (Å²) in [6.07, 6.45) is 0.245. The zero-order valence-corrected chi connectivity index (χ0v) is 20.9. The predicted octanol–water partition coefficient (Wildman–Crippen LogP) is -1.42. The Bertz CT molecular complexity index is 1210. The average Bonchev–Trinajstić information content (AvgIpc) is 3.23. The van der Waals surface area contributed by atoms with Gasteiger partial charge in [-0.3, -0.25) is 24.0 Å². The summed E-state index contributed by atoms with van der Waals surface area (Å²) in [5.74, 6) is -6.88. The fraction of sp³-hybridized carbons (Fsp3) is 0.417. The van der Waals surface area contributed by atoms with Gasteiger partial charge >= 0.3 is 11.9 Å². The van der Waals surface area contributed by atoms with Crippen LogP contribution >= 0.6 is 0 Å². The minimum atomic E-state index is -1.55. The number of benzene rings is 1. The Balaban J connectivity index is 2.16. The van der Waals surface area contributed by atoms with Crippen molar-refractivity contribution in [2.45, 2.75) is 57.3 Å². The fourth-order valence-electron chi connectivity index (χ4n) is 3.74. The fourth-order valence-corrected chi connectivity index (χ4v) is 3.74. The van der Waals surface area contributed by atoms with Crippen LogP contribution in [0.15, 0.2) is 30.5 Å². The van der Waals surface area contributed by atoms with Gasteiger partial charge in [-0.2, -0.15) is 0 Å². The molecule has 0 aliphatic carbocycles. The second-order valence-corrected chi connectivity index (χ2v) is 9.13. The molecular formula is C24H32N6O8. The summed E-state index contributed by atoms with van der Waals surface area (Å²) in [7, 11) is 0. The Labute approximate surface area is 217 Å². The van der Waals surface area contributed by atoms with E-state index in [1.807, 2.05) is 18.2 Å². The molecule has 206 valence electrons. The molecule has 0 aliphatic rings. The predicted molar refractivity (Wildman–Crippen MR) is 134 cm³/mol. The van der Waals surface area contributed by atoms with E-state index in [0.29, 0.717) is 5.56 Å². The Morgan fingerprint density at radius 2 is 1.53 bits per heavy atom. The van der Waals surface area contributed by atoms with E-state index in [9.17, 15) is 33.9 Å². The van der Waals surface area contributed by atoms with Crippen molar-refractivity contribution in [3.63, 3.8) is 0 Å². The molecule has 1 heterocycles. The third-order valence-corrected chi connectivity index (χ3v) is 5.73. The molecule has 0 spiro atoms. The number of rotatable bonds is 14. The maximum Gasteiger partial charge on any atom is 0.326 e. The third-order valence-electron chi connectivity index (χ3n) is 5.73. The van der Waals surface area contributed by atoms with Gasteiger partial charge in [-0.05, 0) is 17.5 Å². The number of carbonyl (C=O) groups is 6. The number of amides is 4. The summed E-state index contributed by atoms with van der Waals surface area (Å²) in [6, 6.07) is 1.65. The zero-order valence-electron chi connectivity index (χ0n) is 20.9. The maximum absolute atomic E-state index is 13.1. The van der Waals surface area contributed by atoms with E-state index in [-0.39, 0.29) is 6.42 Å². The monoisotopic (exact) mass is 532 g/mol. The van der Waals surface area contributed by atoms with Crippen LogP contribution in [-0.2, 0) is 35.2 Å². The van der Waals surface area contributed by atoms with Gasteiger partial charge in [-0.15, -0.1) is 0 Å². The highest BCUT2D eigenvalue weighted by molar-refractivity contribution is 5.97. The first-order valence-electron chi connectivity index (χ1n) is 11.7. The van der Waals surface area contributed by atoms with Gasteiger partial charge in [0.05, 0.1) is 18.9 Å². The highest BCUT2D eigenvalue weighted by atomic mass is 16.4. The van der Waals surface area contributed by atoms with Gasteiger partial charge in [0.15, 0.2) is 0 Å². The van der Waals surface area contributed by atoms with Crippen molar-refractivity contribution in [2.24, 2.45) is 17.4 Å². The van der Waals surface area contributed by atoms with Crippen molar-refractivity contribution in [1.29, 1.82) is 0 Å². The van der Waals surface area contributed by atoms with E-state index in [2.05, 4.69) is 20.9 Å². The largest absolute Gasteiger partial charge is 0.481 e. The smallest absolute Gasteiger partial charge is 0.326 e. The van der Waals surface area contributed by atoms with E-state index in [1.54, 1.807) is 26.1 Å². The number of aromatic nitrogens is 1. The minimum Gasteiger partial charge on any atom is -0.481 e. The van der Waals surface area contributed by atoms with Gasteiger partial charge in [-0.25, -0.2) is 4.79 Å². The number of H-pyrrole nitrogens is 1. The van der Waals surface area contributed by atoms with Crippen molar-refractivity contribution in [2.75, 3.05) is 0 Å². The van der Waals surface area contributed by atoms with Gasteiger partial charge in [-0.1, -0.05) is 32.0 Å².